The van der Waals surface area contributed by atoms with Crippen molar-refractivity contribution in [3.05, 3.63) is 10.3 Å². The number of fused-ring (bicyclic) bond motifs is 3. The van der Waals surface area contributed by atoms with Gasteiger partial charge >= 0.3 is 0 Å². The maximum atomic E-state index is 6.38. The molecule has 18 heavy (non-hydrogen) atoms. The summed E-state index contributed by atoms with van der Waals surface area (Å²) in [4.78, 5) is 4.52. The third kappa shape index (κ3) is 1.33. The van der Waals surface area contributed by atoms with E-state index in [1.807, 2.05) is 0 Å². The molecule has 4 aliphatic rings. The van der Waals surface area contributed by atoms with Crippen LogP contribution in [0.3, 0.4) is 0 Å². The molecule has 4 aliphatic heterocycles. The molecule has 4 nitrogen and oxygen atoms in total. The van der Waals surface area contributed by atoms with Gasteiger partial charge in [0.05, 0.1) is 18.8 Å². The molecule has 3 saturated heterocycles. The van der Waals surface area contributed by atoms with E-state index in [-0.39, 0.29) is 5.60 Å². The minimum absolute atomic E-state index is 0.0893. The van der Waals surface area contributed by atoms with Gasteiger partial charge in [-0.2, -0.15) is 4.98 Å². The molecule has 1 aromatic rings. The minimum Gasteiger partial charge on any atom is -0.519 e. The molecule has 0 aliphatic carbocycles. The van der Waals surface area contributed by atoms with Gasteiger partial charge in [-0.1, -0.05) is 0 Å². The molecule has 0 radical (unpaired) electrons. The summed E-state index contributed by atoms with van der Waals surface area (Å²) in [6, 6.07) is 0.847. The van der Waals surface area contributed by atoms with Crippen molar-refractivity contribution in [2.24, 2.45) is 5.92 Å². The van der Waals surface area contributed by atoms with E-state index in [1.54, 1.807) is 0 Å². The molecule has 0 aromatic carbocycles. The van der Waals surface area contributed by atoms with Gasteiger partial charge in [0.2, 0.25) is 0 Å². The maximum absolute atomic E-state index is 6.38. The van der Waals surface area contributed by atoms with Crippen molar-refractivity contribution in [3.63, 3.8) is 0 Å². The number of piperidine rings is 3. The smallest absolute Gasteiger partial charge is 0.298 e. The molecule has 1 atom stereocenters. The molecule has 3 fully saturated rings. The largest absolute Gasteiger partial charge is 0.519 e. The highest BCUT2D eigenvalue weighted by molar-refractivity contribution is 9.10. The van der Waals surface area contributed by atoms with Crippen molar-refractivity contribution in [3.8, 4) is 6.01 Å². The van der Waals surface area contributed by atoms with Crippen LogP contribution in [0.1, 0.15) is 18.5 Å². The molecule has 1 aromatic heterocycles. The number of rotatable bonds is 0. The number of imidazole rings is 1. The van der Waals surface area contributed by atoms with Crippen LogP contribution >= 0.6 is 15.9 Å². The molecule has 0 N–H and O–H groups in total. The average Bonchev–Trinajstić information content (AvgIpc) is 2.77. The Morgan fingerprint density at radius 2 is 2.22 bits per heavy atom. The number of hydrogen-bond acceptors (Lipinski definition) is 2. The highest BCUT2D eigenvalue weighted by atomic mass is 79.9. The summed E-state index contributed by atoms with van der Waals surface area (Å²) in [5, 5.41) is 0. The number of ether oxygens (including phenoxy) is 1. The second-order valence-electron chi connectivity index (χ2n) is 5.57. The zero-order valence-electron chi connectivity index (χ0n) is 9.95. The van der Waals surface area contributed by atoms with Gasteiger partial charge < -0.3 is 9.13 Å². The van der Waals surface area contributed by atoms with Crippen LogP contribution in [0.15, 0.2) is 4.60 Å². The maximum Gasteiger partial charge on any atom is 0.298 e. The lowest BCUT2D eigenvalue weighted by Gasteiger charge is -2.60. The lowest BCUT2D eigenvalue weighted by molar-refractivity contribution is -0.845. The van der Waals surface area contributed by atoms with Gasteiger partial charge in [0.15, 0.2) is 13.6 Å². The summed E-state index contributed by atoms with van der Waals surface area (Å²) < 4.78 is 11.0. The van der Waals surface area contributed by atoms with Gasteiger partial charge in [-0.15, -0.1) is 0 Å². The topological polar surface area (TPSA) is 27.1 Å². The van der Waals surface area contributed by atoms with Crippen LogP contribution in [-0.2, 0) is 6.54 Å². The lowest BCUT2D eigenvalue weighted by Crippen LogP contribution is -2.70. The molecule has 6 heteroatoms. The molecule has 1 spiro atoms. The second-order valence-corrected chi connectivity index (χ2v) is 6.33. The van der Waals surface area contributed by atoms with E-state index >= 15 is 0 Å². The van der Waals surface area contributed by atoms with Crippen LogP contribution in [-0.4, -0.2) is 47.2 Å². The summed E-state index contributed by atoms with van der Waals surface area (Å²) in [5.41, 5.74) is 1.31. The van der Waals surface area contributed by atoms with Crippen LogP contribution in [0.4, 0.5) is 0 Å². The fraction of sp³-hybridized carbons (Fsp3) is 0.750. The van der Waals surface area contributed by atoms with Crippen molar-refractivity contribution < 1.29 is 9.13 Å². The monoisotopic (exact) mass is 311 g/mol. The first-order valence-corrected chi connectivity index (χ1v) is 7.11. The van der Waals surface area contributed by atoms with Gasteiger partial charge in [0.25, 0.3) is 6.01 Å². The van der Waals surface area contributed by atoms with Crippen LogP contribution < -0.4 is 4.74 Å². The number of quaternary nitrogens is 1. The van der Waals surface area contributed by atoms with Crippen molar-refractivity contribution in [2.45, 2.75) is 31.9 Å². The molecule has 1 unspecified atom stereocenters. The summed E-state index contributed by atoms with van der Waals surface area (Å²) in [6.07, 6.45) is 2.74. The van der Waals surface area contributed by atoms with Gasteiger partial charge in [-0.05, 0) is 35.7 Å². The van der Waals surface area contributed by atoms with E-state index < -0.39 is 0 Å². The number of halogens is 1. The Bertz CT molecular complexity index is 524. The van der Waals surface area contributed by atoms with Gasteiger partial charge in [-0.3, -0.25) is 4.57 Å². The Hall–Kier alpha value is -0.485. The van der Waals surface area contributed by atoms with Crippen molar-refractivity contribution >= 4 is 23.9 Å². The summed E-state index contributed by atoms with van der Waals surface area (Å²) in [5.74, 6) is 0.760. The predicted octanol–water partition coefficient (Wildman–Crippen LogP) is 0.606. The first-order valence-electron chi connectivity index (χ1n) is 6.32. The van der Waals surface area contributed by atoms with E-state index in [0.29, 0.717) is 7.98 Å². The Balaban J connectivity index is 1.72. The lowest BCUT2D eigenvalue weighted by atomic mass is 9.71. The van der Waals surface area contributed by atoms with E-state index in [4.69, 9.17) is 4.74 Å². The first kappa shape index (κ1) is 11.4. The van der Waals surface area contributed by atoms with Crippen molar-refractivity contribution in [2.75, 3.05) is 19.6 Å². The minimum atomic E-state index is 0.0893. The molecule has 5 rings (SSSR count). The fourth-order valence-corrected chi connectivity index (χ4v) is 4.01. The van der Waals surface area contributed by atoms with E-state index in [9.17, 15) is 0 Å². The predicted molar refractivity (Wildman–Crippen MR) is 75.5 cm³/mol. The molecule has 98 valence electrons. The Morgan fingerprint density at radius 1 is 1.50 bits per heavy atom. The first-order chi connectivity index (χ1) is 8.51. The molecular weight excluding hydrogens is 293 g/mol. The summed E-state index contributed by atoms with van der Waals surface area (Å²) >= 11 is 3.50. The van der Waals surface area contributed by atoms with Crippen LogP contribution in [0.5, 0.6) is 6.01 Å². The quantitative estimate of drug-likeness (QED) is 0.656. The Labute approximate surface area is 116 Å². The summed E-state index contributed by atoms with van der Waals surface area (Å²) in [7, 11) is 0.349. The normalized spacial score (nSPS) is 41.2. The second kappa shape index (κ2) is 3.34. The molecule has 5 heterocycles. The van der Waals surface area contributed by atoms with Crippen molar-refractivity contribution in [1.29, 1.82) is 0 Å². The highest BCUT2D eigenvalue weighted by Crippen LogP contribution is 2.46. The zero-order chi connectivity index (χ0) is 12.5. The van der Waals surface area contributed by atoms with E-state index in [1.165, 1.54) is 42.6 Å². The Kier molecular flexibility index (Phi) is 2.10. The number of nitrogens with zero attached hydrogens (tertiary/aromatic N) is 3. The van der Waals surface area contributed by atoms with Crippen molar-refractivity contribution in [1.82, 2.24) is 9.55 Å². The number of aromatic nitrogens is 2. The van der Waals surface area contributed by atoms with Crippen LogP contribution in [0.2, 0.25) is 0 Å². The standard InChI is InChI=1S/C12H19BBrN3O/c1-8-10(14)15-11-16(8)6-12(18-11)7-17(13)4-2-9(12)3-5-17/h9H,2-7H2,1,13H3. The van der Waals surface area contributed by atoms with E-state index in [2.05, 4.69) is 32.4 Å². The number of hydrogen-bond donors (Lipinski definition) is 0. The van der Waals surface area contributed by atoms with Gasteiger partial charge in [-0.25, -0.2) is 0 Å². The molecular formula is C12H19BBrN3O. The fourth-order valence-electron chi connectivity index (χ4n) is 3.65. The highest BCUT2D eigenvalue weighted by Gasteiger charge is 2.56. The summed E-state index contributed by atoms with van der Waals surface area (Å²) in [6.45, 7) is 7.28. The average molecular weight is 312 g/mol. The van der Waals surface area contributed by atoms with Crippen LogP contribution in [0, 0.1) is 12.8 Å². The zero-order valence-corrected chi connectivity index (χ0v) is 11.5. The third-order valence-corrected chi connectivity index (χ3v) is 5.42. The third-order valence-electron chi connectivity index (χ3n) is 4.67. The molecule has 0 saturated carbocycles. The SMILES string of the molecule is [BH3-][N+]12CCC(CC1)C1(Cn3c(nc(Br)c3C)O1)C2. The van der Waals surface area contributed by atoms with Gasteiger partial charge in [0, 0.05) is 19.0 Å². The Morgan fingerprint density at radius 3 is 2.83 bits per heavy atom. The molecule has 0 amide bonds. The molecule has 2 bridgehead atoms. The van der Waals surface area contributed by atoms with E-state index in [0.717, 1.165) is 23.1 Å². The van der Waals surface area contributed by atoms with Crippen LogP contribution in [0.25, 0.3) is 0 Å². The van der Waals surface area contributed by atoms with Gasteiger partial charge in [0.1, 0.15) is 4.60 Å².